The summed E-state index contributed by atoms with van der Waals surface area (Å²) in [7, 11) is 0. The van der Waals surface area contributed by atoms with Gasteiger partial charge in [-0.2, -0.15) is 0 Å². The molecular weight excluding hydrogens is 318 g/mol. The average molecular weight is 341 g/mol. The van der Waals surface area contributed by atoms with Gasteiger partial charge in [-0.05, 0) is 31.0 Å². The van der Waals surface area contributed by atoms with Gasteiger partial charge in [-0.3, -0.25) is 4.79 Å². The van der Waals surface area contributed by atoms with Crippen LogP contribution in [0.5, 0.6) is 5.75 Å². The van der Waals surface area contributed by atoms with Crippen LogP contribution in [0.2, 0.25) is 0 Å². The topological polar surface area (TPSA) is 38.3 Å². The van der Waals surface area contributed by atoms with Crippen molar-refractivity contribution in [1.29, 1.82) is 0 Å². The van der Waals surface area contributed by atoms with Crippen molar-refractivity contribution in [2.24, 2.45) is 5.92 Å². The van der Waals surface area contributed by atoms with Crippen molar-refractivity contribution in [3.8, 4) is 5.75 Å². The third kappa shape index (κ3) is 4.32. The summed E-state index contributed by atoms with van der Waals surface area (Å²) in [5.41, 5.74) is 1.09. The summed E-state index contributed by atoms with van der Waals surface area (Å²) in [6.07, 6.45) is 1.87. The van der Waals surface area contributed by atoms with Gasteiger partial charge in [0.15, 0.2) is 0 Å². The number of amides is 1. The van der Waals surface area contributed by atoms with E-state index >= 15 is 0 Å². The number of carbonyl (C=O) groups is 1. The maximum absolute atomic E-state index is 12.6. The van der Waals surface area contributed by atoms with Crippen molar-refractivity contribution in [2.45, 2.75) is 30.7 Å². The lowest BCUT2D eigenvalue weighted by atomic mass is 10.0. The number of nitrogens with one attached hydrogen (secondary N) is 1. The molecule has 0 radical (unpaired) electrons. The van der Waals surface area contributed by atoms with Crippen LogP contribution >= 0.6 is 11.8 Å². The summed E-state index contributed by atoms with van der Waals surface area (Å²) in [5, 5.41) is 3.22. The van der Waals surface area contributed by atoms with Crippen LogP contribution in [0.4, 0.5) is 0 Å². The van der Waals surface area contributed by atoms with Gasteiger partial charge in [-0.15, -0.1) is 11.8 Å². The van der Waals surface area contributed by atoms with Crippen LogP contribution in [0.25, 0.3) is 0 Å². The van der Waals surface area contributed by atoms with Gasteiger partial charge in [0.25, 0.3) is 0 Å². The van der Waals surface area contributed by atoms with E-state index in [4.69, 9.17) is 4.74 Å². The molecule has 0 fully saturated rings. The normalized spacial score (nSPS) is 18.0. The van der Waals surface area contributed by atoms with Crippen LogP contribution in [-0.4, -0.2) is 18.3 Å². The van der Waals surface area contributed by atoms with Crippen LogP contribution in [0.15, 0.2) is 59.5 Å². The van der Waals surface area contributed by atoms with Crippen molar-refractivity contribution in [1.82, 2.24) is 5.32 Å². The molecule has 1 aliphatic rings. The molecule has 1 N–H and O–H groups in total. The smallest absolute Gasteiger partial charge is 0.224 e. The Labute approximate surface area is 147 Å². The number of rotatable bonds is 5. The Morgan fingerprint density at radius 3 is 2.79 bits per heavy atom. The van der Waals surface area contributed by atoms with Gasteiger partial charge in [-0.1, -0.05) is 43.3 Å². The number of para-hydroxylation sites is 1. The molecule has 2 unspecified atom stereocenters. The molecule has 0 aromatic heterocycles. The zero-order valence-electron chi connectivity index (χ0n) is 13.9. The Morgan fingerprint density at radius 2 is 1.96 bits per heavy atom. The summed E-state index contributed by atoms with van der Waals surface area (Å²) in [6, 6.07) is 18.3. The Morgan fingerprint density at radius 1 is 1.21 bits per heavy atom. The first-order valence-corrected chi connectivity index (χ1v) is 9.42. The Balaban J connectivity index is 1.59. The third-order valence-electron chi connectivity index (χ3n) is 4.20. The van der Waals surface area contributed by atoms with Gasteiger partial charge < -0.3 is 10.1 Å². The highest BCUT2D eigenvalue weighted by Gasteiger charge is 2.23. The van der Waals surface area contributed by atoms with Crippen LogP contribution in [0, 0.1) is 5.92 Å². The monoisotopic (exact) mass is 341 g/mol. The summed E-state index contributed by atoms with van der Waals surface area (Å²) in [5.74, 6) is 1.75. The molecule has 3 rings (SSSR count). The minimum atomic E-state index is -0.0356. The van der Waals surface area contributed by atoms with Gasteiger partial charge in [-0.25, -0.2) is 0 Å². The summed E-state index contributed by atoms with van der Waals surface area (Å²) < 4.78 is 5.77. The fourth-order valence-electron chi connectivity index (χ4n) is 2.80. The van der Waals surface area contributed by atoms with Crippen LogP contribution in [0.3, 0.4) is 0 Å². The van der Waals surface area contributed by atoms with Crippen molar-refractivity contribution in [3.63, 3.8) is 0 Å². The fourth-order valence-corrected chi connectivity index (χ4v) is 3.75. The third-order valence-corrected chi connectivity index (χ3v) is 5.47. The van der Waals surface area contributed by atoms with E-state index in [9.17, 15) is 4.79 Å². The molecule has 0 spiro atoms. The van der Waals surface area contributed by atoms with Gasteiger partial charge in [0.1, 0.15) is 5.75 Å². The molecule has 1 heterocycles. The predicted octanol–water partition coefficient (Wildman–Crippen LogP) is 4.44. The van der Waals surface area contributed by atoms with Crippen molar-refractivity contribution in [2.75, 3.05) is 12.4 Å². The van der Waals surface area contributed by atoms with E-state index in [1.165, 1.54) is 4.90 Å². The molecule has 1 amide bonds. The van der Waals surface area contributed by atoms with E-state index in [0.29, 0.717) is 6.61 Å². The first-order chi connectivity index (χ1) is 11.7. The van der Waals surface area contributed by atoms with Crippen LogP contribution in [0.1, 0.15) is 31.4 Å². The lowest BCUT2D eigenvalue weighted by Crippen LogP contribution is -2.33. The van der Waals surface area contributed by atoms with Crippen molar-refractivity contribution >= 4 is 17.7 Å². The number of hydrogen-bond donors (Lipinski definition) is 1. The van der Waals surface area contributed by atoms with Gasteiger partial charge in [0.2, 0.25) is 5.91 Å². The molecule has 0 aliphatic carbocycles. The number of carbonyl (C=O) groups excluding carboxylic acids is 1. The van der Waals surface area contributed by atoms with Crippen LogP contribution < -0.4 is 10.1 Å². The number of fused-ring (bicyclic) bond motifs is 1. The zero-order chi connectivity index (χ0) is 16.8. The molecule has 1 aliphatic heterocycles. The first-order valence-electron chi connectivity index (χ1n) is 8.44. The fraction of sp³-hybridized carbons (Fsp3) is 0.350. The zero-order valence-corrected chi connectivity index (χ0v) is 14.7. The van der Waals surface area contributed by atoms with Gasteiger partial charge >= 0.3 is 0 Å². The highest BCUT2D eigenvalue weighted by molar-refractivity contribution is 7.99. The minimum absolute atomic E-state index is 0.0356. The van der Waals surface area contributed by atoms with E-state index in [0.717, 1.165) is 29.9 Å². The van der Waals surface area contributed by atoms with E-state index in [2.05, 4.69) is 23.5 Å². The predicted molar refractivity (Wildman–Crippen MR) is 98.4 cm³/mol. The lowest BCUT2D eigenvalue weighted by molar-refractivity contribution is -0.124. The lowest BCUT2D eigenvalue weighted by Gasteiger charge is -2.20. The molecule has 24 heavy (non-hydrogen) atoms. The Kier molecular flexibility index (Phi) is 5.81. The van der Waals surface area contributed by atoms with E-state index in [1.807, 2.05) is 43.3 Å². The van der Waals surface area contributed by atoms with Crippen LogP contribution in [-0.2, 0) is 4.79 Å². The molecule has 2 aromatic rings. The molecular formula is C20H23NO2S. The molecule has 0 bridgehead atoms. The molecule has 0 saturated heterocycles. The SMILES string of the molecule is CC(CSc1ccccc1)C(=O)NC1CCCOc2ccccc21. The van der Waals surface area contributed by atoms with Gasteiger partial charge in [0, 0.05) is 22.1 Å². The summed E-state index contributed by atoms with van der Waals surface area (Å²) in [6.45, 7) is 2.70. The number of hydrogen-bond acceptors (Lipinski definition) is 3. The Bertz CT molecular complexity index is 674. The second-order valence-corrected chi connectivity index (χ2v) is 7.21. The Hall–Kier alpha value is -1.94. The van der Waals surface area contributed by atoms with E-state index in [1.54, 1.807) is 11.8 Å². The minimum Gasteiger partial charge on any atom is -0.493 e. The van der Waals surface area contributed by atoms with E-state index < -0.39 is 0 Å². The second-order valence-electron chi connectivity index (χ2n) is 6.11. The molecule has 2 atom stereocenters. The molecule has 4 heteroatoms. The molecule has 2 aromatic carbocycles. The number of benzene rings is 2. The highest BCUT2D eigenvalue weighted by Crippen LogP contribution is 2.31. The summed E-state index contributed by atoms with van der Waals surface area (Å²) in [4.78, 5) is 13.8. The summed E-state index contributed by atoms with van der Waals surface area (Å²) >= 11 is 1.72. The number of thioether (sulfide) groups is 1. The average Bonchev–Trinajstić information content (AvgIpc) is 2.83. The van der Waals surface area contributed by atoms with Crippen molar-refractivity contribution in [3.05, 3.63) is 60.2 Å². The maximum Gasteiger partial charge on any atom is 0.224 e. The quantitative estimate of drug-likeness (QED) is 0.817. The van der Waals surface area contributed by atoms with Gasteiger partial charge in [0.05, 0.1) is 12.6 Å². The first kappa shape index (κ1) is 16.9. The molecule has 126 valence electrons. The molecule has 0 saturated carbocycles. The van der Waals surface area contributed by atoms with Crippen molar-refractivity contribution < 1.29 is 9.53 Å². The maximum atomic E-state index is 12.6. The van der Waals surface area contributed by atoms with E-state index in [-0.39, 0.29) is 17.9 Å². The number of ether oxygens (including phenoxy) is 1. The second kappa shape index (κ2) is 8.25. The molecule has 3 nitrogen and oxygen atoms in total. The standard InChI is InChI=1S/C20H23NO2S/c1-15(14-24-16-8-3-2-4-9-16)20(22)21-18-11-7-13-23-19-12-6-5-10-17(18)19/h2-6,8-10,12,15,18H,7,11,13-14H2,1H3,(H,21,22). The highest BCUT2D eigenvalue weighted by atomic mass is 32.2. The largest absolute Gasteiger partial charge is 0.493 e.